The molecule has 35 heavy (non-hydrogen) atoms. The third-order valence-electron chi connectivity index (χ3n) is 6.39. The van der Waals surface area contributed by atoms with E-state index < -0.39 is 36.4 Å². The van der Waals surface area contributed by atoms with Crippen molar-refractivity contribution < 1.29 is 41.4 Å². The zero-order chi connectivity index (χ0) is 26.0. The van der Waals surface area contributed by atoms with Crippen LogP contribution in [-0.2, 0) is 20.9 Å². The first kappa shape index (κ1) is 26.8. The van der Waals surface area contributed by atoms with E-state index in [1.165, 1.54) is 4.90 Å². The lowest BCUT2D eigenvalue weighted by atomic mass is 9.71. The van der Waals surface area contributed by atoms with Crippen LogP contribution in [0.2, 0.25) is 0 Å². The lowest BCUT2D eigenvalue weighted by Gasteiger charge is -2.49. The number of likely N-dealkylation sites (tertiary alicyclic amines) is 2. The number of rotatable bonds is 4. The van der Waals surface area contributed by atoms with E-state index in [1.807, 2.05) is 25.1 Å². The van der Waals surface area contributed by atoms with Gasteiger partial charge in [-0.2, -0.15) is 13.2 Å². The van der Waals surface area contributed by atoms with Crippen LogP contribution in [0.1, 0.15) is 49.9 Å². The molecule has 1 saturated carbocycles. The highest BCUT2D eigenvalue weighted by atomic mass is 19.4. The van der Waals surface area contributed by atoms with E-state index in [0.29, 0.717) is 38.3 Å². The molecule has 2 saturated heterocycles. The predicted molar refractivity (Wildman–Crippen MR) is 113 cm³/mol. The summed E-state index contributed by atoms with van der Waals surface area (Å²) in [5.74, 6) is -5.94. The van der Waals surface area contributed by atoms with Crippen LogP contribution in [-0.4, -0.2) is 69.4 Å². The summed E-state index contributed by atoms with van der Waals surface area (Å²) >= 11 is 0. The molecule has 1 aromatic heterocycles. The van der Waals surface area contributed by atoms with Gasteiger partial charge in [-0.15, -0.1) is 0 Å². The quantitative estimate of drug-likeness (QED) is 0.629. The molecule has 1 atom stereocenters. The van der Waals surface area contributed by atoms with Crippen molar-refractivity contribution in [3.8, 4) is 0 Å². The summed E-state index contributed by atoms with van der Waals surface area (Å²) < 4.78 is 60.9. The Labute approximate surface area is 199 Å². The Morgan fingerprint density at radius 2 is 1.86 bits per heavy atom. The van der Waals surface area contributed by atoms with Crippen molar-refractivity contribution in [2.45, 2.75) is 64.1 Å². The number of pyridine rings is 1. The number of carbonyl (C=O) groups excluding carboxylic acids is 2. The molecule has 2 amide bonds. The standard InChI is InChI=1S/C21H27F2N3O2.C2HF3O2/c1-15-4-2-5-17(24-15)11-25-9-3-8-20(19(25)28)12-21(22,23)14-26(13-20)18(27)10-16-6-7-16;3-2(4,5)1(6)7/h2,4-5,16H,3,6-14H2,1H3;(H,6,7). The molecule has 0 bridgehead atoms. The Bertz CT molecular complexity index is 967. The van der Waals surface area contributed by atoms with Gasteiger partial charge in [0.05, 0.1) is 24.2 Å². The number of carboxylic acids is 1. The van der Waals surface area contributed by atoms with Crippen LogP contribution in [0.3, 0.4) is 0 Å². The molecule has 0 radical (unpaired) electrons. The average molecular weight is 505 g/mol. The van der Waals surface area contributed by atoms with Gasteiger partial charge in [0.2, 0.25) is 11.8 Å². The van der Waals surface area contributed by atoms with E-state index in [4.69, 9.17) is 9.90 Å². The number of alkyl halides is 5. The second-order valence-electron chi connectivity index (χ2n) is 9.61. The fourth-order valence-corrected chi connectivity index (χ4v) is 4.68. The molecule has 7 nitrogen and oxygen atoms in total. The number of nitrogens with zero attached hydrogens (tertiary/aromatic N) is 3. The van der Waals surface area contributed by atoms with Crippen LogP contribution in [0.15, 0.2) is 18.2 Å². The molecule has 3 aliphatic rings. The fraction of sp³-hybridized carbons (Fsp3) is 0.652. The third-order valence-corrected chi connectivity index (χ3v) is 6.39. The van der Waals surface area contributed by atoms with Crippen molar-refractivity contribution in [3.05, 3.63) is 29.6 Å². The van der Waals surface area contributed by atoms with Gasteiger partial charge >= 0.3 is 12.1 Å². The lowest BCUT2D eigenvalue weighted by Crippen LogP contribution is -2.61. The first-order valence-electron chi connectivity index (χ1n) is 11.4. The SMILES string of the molecule is Cc1cccc(CN2CCCC3(CN(C(=O)CC4CC4)CC(F)(F)C3)C2=O)n1.O=C(O)C(F)(F)F. The number of aliphatic carboxylic acids is 1. The summed E-state index contributed by atoms with van der Waals surface area (Å²) in [6, 6.07) is 5.62. The molecule has 194 valence electrons. The van der Waals surface area contributed by atoms with Gasteiger partial charge in [0.25, 0.3) is 5.92 Å². The molecule has 12 heteroatoms. The number of amides is 2. The van der Waals surface area contributed by atoms with Crippen molar-refractivity contribution in [2.24, 2.45) is 11.3 Å². The Morgan fingerprint density at radius 3 is 2.43 bits per heavy atom. The van der Waals surface area contributed by atoms with Crippen LogP contribution in [0, 0.1) is 18.3 Å². The monoisotopic (exact) mass is 505 g/mol. The fourth-order valence-electron chi connectivity index (χ4n) is 4.68. The van der Waals surface area contributed by atoms with E-state index in [0.717, 1.165) is 24.2 Å². The van der Waals surface area contributed by atoms with Gasteiger partial charge in [0.1, 0.15) is 0 Å². The second-order valence-corrected chi connectivity index (χ2v) is 9.61. The molecule has 1 aliphatic carbocycles. The molecule has 0 aromatic carbocycles. The first-order chi connectivity index (χ1) is 16.2. The van der Waals surface area contributed by atoms with E-state index >= 15 is 0 Å². The van der Waals surface area contributed by atoms with Crippen LogP contribution in [0.4, 0.5) is 22.0 Å². The number of halogens is 5. The number of aromatic nitrogens is 1. The van der Waals surface area contributed by atoms with Crippen molar-refractivity contribution in [2.75, 3.05) is 19.6 Å². The molecule has 1 N–H and O–H groups in total. The summed E-state index contributed by atoms with van der Waals surface area (Å²) in [5.41, 5.74) is 0.440. The maximum absolute atomic E-state index is 14.6. The molecule has 1 aromatic rings. The van der Waals surface area contributed by atoms with E-state index in [1.54, 1.807) is 4.90 Å². The normalized spacial score (nSPS) is 24.1. The van der Waals surface area contributed by atoms with Gasteiger partial charge in [-0.05, 0) is 50.7 Å². The number of hydrogen-bond donors (Lipinski definition) is 1. The Hall–Kier alpha value is -2.79. The summed E-state index contributed by atoms with van der Waals surface area (Å²) in [4.78, 5) is 42.1. The van der Waals surface area contributed by atoms with E-state index in [-0.39, 0.29) is 18.4 Å². The van der Waals surface area contributed by atoms with Crippen LogP contribution in [0.5, 0.6) is 0 Å². The van der Waals surface area contributed by atoms with Crippen LogP contribution >= 0.6 is 0 Å². The highest BCUT2D eigenvalue weighted by Gasteiger charge is 2.56. The molecule has 2 aliphatic heterocycles. The minimum Gasteiger partial charge on any atom is -0.475 e. The van der Waals surface area contributed by atoms with Gasteiger partial charge in [0.15, 0.2) is 0 Å². The Kier molecular flexibility index (Phi) is 7.71. The van der Waals surface area contributed by atoms with Crippen molar-refractivity contribution in [3.63, 3.8) is 0 Å². The molecule has 1 unspecified atom stereocenters. The zero-order valence-electron chi connectivity index (χ0n) is 19.3. The summed E-state index contributed by atoms with van der Waals surface area (Å²) in [7, 11) is 0. The van der Waals surface area contributed by atoms with Gasteiger partial charge in [-0.3, -0.25) is 14.6 Å². The second kappa shape index (κ2) is 10.1. The maximum atomic E-state index is 14.6. The topological polar surface area (TPSA) is 90.8 Å². The number of carbonyl (C=O) groups is 3. The minimum atomic E-state index is -5.08. The number of hydrogen-bond acceptors (Lipinski definition) is 4. The molecule has 3 fully saturated rings. The van der Waals surface area contributed by atoms with Crippen molar-refractivity contribution >= 4 is 17.8 Å². The Balaban J connectivity index is 0.000000429. The third kappa shape index (κ3) is 7.11. The Morgan fingerprint density at radius 1 is 1.20 bits per heavy atom. The van der Waals surface area contributed by atoms with Gasteiger partial charge in [0, 0.05) is 31.6 Å². The molecule has 3 heterocycles. The highest BCUT2D eigenvalue weighted by Crippen LogP contribution is 2.46. The van der Waals surface area contributed by atoms with E-state index in [2.05, 4.69) is 4.98 Å². The predicted octanol–water partition coefficient (Wildman–Crippen LogP) is 3.80. The smallest absolute Gasteiger partial charge is 0.475 e. The summed E-state index contributed by atoms with van der Waals surface area (Å²) in [6.07, 6.45) is -2.15. The molecule has 4 rings (SSSR count). The average Bonchev–Trinajstić information content (AvgIpc) is 3.54. The summed E-state index contributed by atoms with van der Waals surface area (Å²) in [6.45, 7) is 2.30. The van der Waals surface area contributed by atoms with Crippen LogP contribution in [0.25, 0.3) is 0 Å². The van der Waals surface area contributed by atoms with Crippen LogP contribution < -0.4 is 0 Å². The van der Waals surface area contributed by atoms with Gasteiger partial charge in [-0.25, -0.2) is 13.6 Å². The number of piperidine rings is 2. The summed E-state index contributed by atoms with van der Waals surface area (Å²) in [5, 5.41) is 7.12. The minimum absolute atomic E-state index is 0.116. The first-order valence-corrected chi connectivity index (χ1v) is 11.4. The molecule has 1 spiro atoms. The number of aryl methyl sites for hydroxylation is 1. The largest absolute Gasteiger partial charge is 0.490 e. The molecular formula is C23H28F5N3O4. The lowest BCUT2D eigenvalue weighted by molar-refractivity contribution is -0.192. The van der Waals surface area contributed by atoms with Gasteiger partial charge in [-0.1, -0.05) is 6.07 Å². The van der Waals surface area contributed by atoms with Gasteiger partial charge < -0.3 is 14.9 Å². The number of carboxylic acid groups (broad SMARTS) is 1. The maximum Gasteiger partial charge on any atom is 0.490 e. The van der Waals surface area contributed by atoms with E-state index in [9.17, 15) is 31.5 Å². The highest BCUT2D eigenvalue weighted by molar-refractivity contribution is 5.85. The molecular weight excluding hydrogens is 477 g/mol. The zero-order valence-corrected chi connectivity index (χ0v) is 19.3. The van der Waals surface area contributed by atoms with Crippen molar-refractivity contribution in [1.29, 1.82) is 0 Å². The van der Waals surface area contributed by atoms with Crippen molar-refractivity contribution in [1.82, 2.24) is 14.8 Å².